The number of amides is 1. The van der Waals surface area contributed by atoms with Gasteiger partial charge in [-0.2, -0.15) is 0 Å². The van der Waals surface area contributed by atoms with Gasteiger partial charge in [0.15, 0.2) is 0 Å². The molecule has 150 valence electrons. The molecule has 2 aliphatic rings. The zero-order valence-corrected chi connectivity index (χ0v) is 21.1. The van der Waals surface area contributed by atoms with Gasteiger partial charge in [0.1, 0.15) is 0 Å². The SMILES string of the molecule is O=C1C(Cc2ccccc2)=NC2=[C]([Cd][c]3ccccc3)CN(c3ccc(O)cc3)CN12. The van der Waals surface area contributed by atoms with E-state index in [0.29, 0.717) is 18.8 Å². The van der Waals surface area contributed by atoms with Crippen LogP contribution in [0.15, 0.2) is 98.9 Å². The van der Waals surface area contributed by atoms with Crippen molar-refractivity contribution in [2.75, 3.05) is 18.1 Å². The Kier molecular flexibility index (Phi) is 5.59. The predicted molar refractivity (Wildman–Crippen MR) is 118 cm³/mol. The molecule has 2 aliphatic heterocycles. The zero-order chi connectivity index (χ0) is 21.2. The summed E-state index contributed by atoms with van der Waals surface area (Å²) in [6.07, 6.45) is 0.549. The number of phenols is 1. The maximum absolute atomic E-state index is 13.3. The third-order valence-corrected chi connectivity index (χ3v) is 11.0. The second-order valence-corrected chi connectivity index (χ2v) is 13.7. The number of hydrogen-bond acceptors (Lipinski definition) is 4. The first-order chi connectivity index (χ1) is 15.2. The molecule has 0 saturated heterocycles. The molecule has 2 heterocycles. The summed E-state index contributed by atoms with van der Waals surface area (Å²) >= 11 is -1.55. The average molecular weight is 508 g/mol. The molecule has 0 radical (unpaired) electrons. The fourth-order valence-electron chi connectivity index (χ4n) is 4.13. The molecule has 0 aliphatic carbocycles. The maximum atomic E-state index is 13.3. The van der Waals surface area contributed by atoms with E-state index in [1.807, 2.05) is 53.4 Å². The van der Waals surface area contributed by atoms with Crippen molar-refractivity contribution in [1.82, 2.24) is 4.90 Å². The van der Waals surface area contributed by atoms with Gasteiger partial charge in [0.25, 0.3) is 0 Å². The normalized spacial score (nSPS) is 15.6. The zero-order valence-electron chi connectivity index (χ0n) is 17.1. The molecule has 0 atom stereocenters. The van der Waals surface area contributed by atoms with Crippen molar-refractivity contribution in [1.29, 1.82) is 0 Å². The Hall–Kier alpha value is -2.94. The van der Waals surface area contributed by atoms with Crippen molar-refractivity contribution < 1.29 is 34.1 Å². The van der Waals surface area contributed by atoms with E-state index < -0.39 is 24.2 Å². The number of benzene rings is 3. The Labute approximate surface area is 193 Å². The quantitative estimate of drug-likeness (QED) is 0.539. The molecule has 0 aromatic heterocycles. The third kappa shape index (κ3) is 4.27. The standard InChI is InChI=1S/C19H16N3O2.C6H5.Cd/c23-16-8-6-15(7-9-16)21-11-10-18-20-17(19(24)22(18)13-21)12-14-4-2-1-3-5-14;1-2-4-6-5-3-1;/h1-9,23H,11-13H2;1-5H;. The van der Waals surface area contributed by atoms with Gasteiger partial charge < -0.3 is 0 Å². The van der Waals surface area contributed by atoms with E-state index in [-0.39, 0.29) is 11.7 Å². The Bertz CT molecular complexity index is 1160. The molecule has 0 bridgehead atoms. The minimum absolute atomic E-state index is 0.000758. The molecule has 1 N–H and O–H groups in total. The number of hydrogen-bond donors (Lipinski definition) is 1. The number of nitrogens with zero attached hydrogens (tertiary/aromatic N) is 3. The summed E-state index contributed by atoms with van der Waals surface area (Å²) in [6.45, 7) is 1.25. The van der Waals surface area contributed by atoms with E-state index >= 15 is 0 Å². The molecule has 3 aromatic carbocycles. The Morgan fingerprint density at radius 2 is 1.58 bits per heavy atom. The summed E-state index contributed by atoms with van der Waals surface area (Å²) in [6, 6.07) is 27.8. The van der Waals surface area contributed by atoms with E-state index in [9.17, 15) is 9.90 Å². The van der Waals surface area contributed by atoms with Crippen LogP contribution in [0, 0.1) is 0 Å². The van der Waals surface area contributed by atoms with Crippen LogP contribution in [0.25, 0.3) is 0 Å². The van der Waals surface area contributed by atoms with Gasteiger partial charge in [-0.15, -0.1) is 0 Å². The number of anilines is 1. The number of fused-ring (bicyclic) bond motifs is 1. The van der Waals surface area contributed by atoms with Crippen molar-refractivity contribution in [2.24, 2.45) is 4.99 Å². The van der Waals surface area contributed by atoms with Crippen LogP contribution in [0.1, 0.15) is 5.56 Å². The number of carbonyl (C=O) groups is 1. The van der Waals surface area contributed by atoms with Gasteiger partial charge >= 0.3 is 194 Å². The summed E-state index contributed by atoms with van der Waals surface area (Å²) in [5.41, 5.74) is 2.71. The molecule has 31 heavy (non-hydrogen) atoms. The van der Waals surface area contributed by atoms with E-state index in [1.165, 1.54) is 6.26 Å². The van der Waals surface area contributed by atoms with Crippen molar-refractivity contribution in [2.45, 2.75) is 6.42 Å². The van der Waals surface area contributed by atoms with Gasteiger partial charge in [0.05, 0.1) is 0 Å². The van der Waals surface area contributed by atoms with Crippen LogP contribution in [0.2, 0.25) is 0 Å². The molecule has 1 amide bonds. The molecule has 0 fully saturated rings. The van der Waals surface area contributed by atoms with Crippen molar-refractivity contribution in [3.63, 3.8) is 0 Å². The molecule has 5 rings (SSSR count). The molecule has 0 saturated carbocycles. The molecular formula is C25H21CdN3O2. The molecule has 0 spiro atoms. The van der Waals surface area contributed by atoms with Crippen LogP contribution < -0.4 is 8.02 Å². The molecule has 6 heteroatoms. The van der Waals surface area contributed by atoms with Crippen molar-refractivity contribution in [3.8, 4) is 5.75 Å². The van der Waals surface area contributed by atoms with Crippen LogP contribution in [0.4, 0.5) is 5.69 Å². The molecular weight excluding hydrogens is 487 g/mol. The summed E-state index contributed by atoms with van der Waals surface area (Å²) in [5, 5.41) is 9.67. The van der Waals surface area contributed by atoms with Gasteiger partial charge in [-0.05, 0) is 0 Å². The van der Waals surface area contributed by atoms with Crippen LogP contribution in [-0.2, 0) is 35.5 Å². The van der Waals surface area contributed by atoms with Gasteiger partial charge in [-0.1, -0.05) is 0 Å². The third-order valence-electron chi connectivity index (χ3n) is 5.69. The van der Waals surface area contributed by atoms with Crippen LogP contribution in [0.5, 0.6) is 5.75 Å². The number of aromatic hydroxyl groups is 1. The van der Waals surface area contributed by atoms with Gasteiger partial charge in [0, 0.05) is 0 Å². The first-order valence-electron chi connectivity index (χ1n) is 10.4. The van der Waals surface area contributed by atoms with Gasteiger partial charge in [-0.25, -0.2) is 0 Å². The van der Waals surface area contributed by atoms with Crippen molar-refractivity contribution >= 4 is 20.4 Å². The summed E-state index contributed by atoms with van der Waals surface area (Å²) in [5.74, 6) is 1.12. The fourth-order valence-corrected chi connectivity index (χ4v) is 9.30. The van der Waals surface area contributed by atoms with Crippen molar-refractivity contribution in [3.05, 3.63) is 99.4 Å². The minimum atomic E-state index is -1.55. The predicted octanol–water partition coefficient (Wildman–Crippen LogP) is 3.27. The topological polar surface area (TPSA) is 56.1 Å². The number of rotatable bonds is 5. The fraction of sp³-hybridized carbons (Fsp3) is 0.120. The van der Waals surface area contributed by atoms with Crippen LogP contribution >= 0.6 is 0 Å². The van der Waals surface area contributed by atoms with Crippen LogP contribution in [0.3, 0.4) is 0 Å². The monoisotopic (exact) mass is 509 g/mol. The molecule has 0 unspecified atom stereocenters. The first-order valence-corrected chi connectivity index (χ1v) is 14.4. The summed E-state index contributed by atoms with van der Waals surface area (Å²) in [7, 11) is 0. The molecule has 3 aromatic rings. The number of phenolic OH excluding ortho intramolecular Hbond substituents is 1. The molecule has 5 nitrogen and oxygen atoms in total. The van der Waals surface area contributed by atoms with E-state index in [4.69, 9.17) is 4.99 Å². The second kappa shape index (κ2) is 8.66. The van der Waals surface area contributed by atoms with Crippen LogP contribution in [-0.4, -0.2) is 34.8 Å². The Balaban J connectivity index is 1.49. The number of aliphatic imine (C=N–C) groups is 1. The second-order valence-electron chi connectivity index (χ2n) is 7.90. The Morgan fingerprint density at radius 1 is 0.903 bits per heavy atom. The Morgan fingerprint density at radius 3 is 2.29 bits per heavy atom. The summed E-state index contributed by atoms with van der Waals surface area (Å²) in [4.78, 5) is 22.2. The first kappa shape index (κ1) is 20.0. The van der Waals surface area contributed by atoms with Gasteiger partial charge in [-0.3, -0.25) is 0 Å². The summed E-state index contributed by atoms with van der Waals surface area (Å²) < 4.78 is 2.72. The van der Waals surface area contributed by atoms with Gasteiger partial charge in [0.2, 0.25) is 0 Å². The average Bonchev–Trinajstić information content (AvgIpc) is 3.11. The number of carbonyl (C=O) groups excluding carboxylic acids is 1. The van der Waals surface area contributed by atoms with E-state index in [2.05, 4.69) is 29.2 Å². The van der Waals surface area contributed by atoms with E-state index in [0.717, 1.165) is 23.6 Å². The van der Waals surface area contributed by atoms with E-state index in [1.54, 1.807) is 12.1 Å².